The Bertz CT molecular complexity index is 778. The summed E-state index contributed by atoms with van der Waals surface area (Å²) < 4.78 is 5.22. The first kappa shape index (κ1) is 19.8. The lowest BCUT2D eigenvalue weighted by Gasteiger charge is -2.16. The summed E-state index contributed by atoms with van der Waals surface area (Å²) in [7, 11) is 1.62. The molecule has 2 rings (SSSR count). The molecule has 0 fully saturated rings. The Morgan fingerprint density at radius 2 is 1.88 bits per heavy atom. The number of rotatable bonds is 8. The Balaban J connectivity index is 2.06. The maximum Gasteiger partial charge on any atom is 0.316 e. The molecule has 1 amide bonds. The lowest BCUT2D eigenvalue weighted by Crippen LogP contribution is -2.34. The van der Waals surface area contributed by atoms with Gasteiger partial charge >= 0.3 is 5.97 Å². The highest BCUT2D eigenvalue weighted by atomic mass is 32.2. The van der Waals surface area contributed by atoms with Crippen molar-refractivity contribution in [3.8, 4) is 5.75 Å². The average molecular weight is 373 g/mol. The topological polar surface area (TPSA) is 75.6 Å². The first-order valence-electron chi connectivity index (χ1n) is 8.33. The van der Waals surface area contributed by atoms with E-state index in [4.69, 9.17) is 9.84 Å². The summed E-state index contributed by atoms with van der Waals surface area (Å²) in [5.74, 6) is -0.330. The van der Waals surface area contributed by atoms with Crippen LogP contribution in [0.4, 0.5) is 0 Å². The molecule has 2 aromatic rings. The number of carbonyl (C=O) groups excluding carboxylic acids is 1. The van der Waals surface area contributed by atoms with Crippen LogP contribution >= 0.6 is 11.8 Å². The number of carboxylic acid groups (broad SMARTS) is 1. The number of amides is 1. The van der Waals surface area contributed by atoms with Gasteiger partial charge in [-0.3, -0.25) is 9.59 Å². The van der Waals surface area contributed by atoms with E-state index in [9.17, 15) is 9.59 Å². The van der Waals surface area contributed by atoms with E-state index in [1.54, 1.807) is 38.3 Å². The van der Waals surface area contributed by atoms with Crippen molar-refractivity contribution < 1.29 is 19.4 Å². The van der Waals surface area contributed by atoms with Crippen LogP contribution < -0.4 is 10.1 Å². The van der Waals surface area contributed by atoms with Gasteiger partial charge in [-0.05, 0) is 50.1 Å². The predicted octanol–water partition coefficient (Wildman–Crippen LogP) is 3.62. The minimum Gasteiger partial charge on any atom is -0.497 e. The fraction of sp³-hybridized carbons (Fsp3) is 0.300. The van der Waals surface area contributed by atoms with Crippen LogP contribution in [-0.2, 0) is 11.2 Å². The number of benzene rings is 2. The fourth-order valence-electron chi connectivity index (χ4n) is 2.50. The molecule has 2 unspecified atom stereocenters. The normalized spacial score (nSPS) is 12.9. The molecule has 0 aliphatic heterocycles. The lowest BCUT2D eigenvalue weighted by atomic mass is 10.1. The summed E-state index contributed by atoms with van der Waals surface area (Å²) in [6.45, 7) is 3.54. The summed E-state index contributed by atoms with van der Waals surface area (Å²) in [6, 6.07) is 14.7. The third-order valence-corrected chi connectivity index (χ3v) is 5.00. The van der Waals surface area contributed by atoms with Crippen molar-refractivity contribution in [2.75, 3.05) is 7.11 Å². The van der Waals surface area contributed by atoms with E-state index in [-0.39, 0.29) is 11.9 Å². The van der Waals surface area contributed by atoms with Gasteiger partial charge in [-0.25, -0.2) is 0 Å². The highest BCUT2D eigenvalue weighted by Gasteiger charge is 2.19. The van der Waals surface area contributed by atoms with Crippen LogP contribution in [0.2, 0.25) is 0 Å². The van der Waals surface area contributed by atoms with E-state index in [0.717, 1.165) is 11.3 Å². The van der Waals surface area contributed by atoms with E-state index in [1.165, 1.54) is 11.8 Å². The van der Waals surface area contributed by atoms with Gasteiger partial charge in [-0.1, -0.05) is 24.3 Å². The van der Waals surface area contributed by atoms with Crippen molar-refractivity contribution in [1.82, 2.24) is 5.32 Å². The summed E-state index contributed by atoms with van der Waals surface area (Å²) >= 11 is 1.17. The monoisotopic (exact) mass is 373 g/mol. The molecule has 0 saturated heterocycles. The molecular weight excluding hydrogens is 350 g/mol. The molecule has 6 heteroatoms. The van der Waals surface area contributed by atoms with E-state index >= 15 is 0 Å². The van der Waals surface area contributed by atoms with Crippen LogP contribution in [-0.4, -0.2) is 35.4 Å². The van der Waals surface area contributed by atoms with Crippen LogP contribution in [0.25, 0.3) is 0 Å². The number of methoxy groups -OCH3 is 1. The van der Waals surface area contributed by atoms with Crippen molar-refractivity contribution in [2.24, 2.45) is 0 Å². The Morgan fingerprint density at radius 3 is 2.58 bits per heavy atom. The maximum atomic E-state index is 12.6. The third kappa shape index (κ3) is 5.52. The van der Waals surface area contributed by atoms with Gasteiger partial charge in [0.25, 0.3) is 5.91 Å². The first-order chi connectivity index (χ1) is 12.4. The van der Waals surface area contributed by atoms with E-state index in [2.05, 4.69) is 5.32 Å². The number of aliphatic carboxylic acids is 1. The summed E-state index contributed by atoms with van der Waals surface area (Å²) in [4.78, 5) is 24.4. The molecule has 5 nitrogen and oxygen atoms in total. The molecule has 2 atom stereocenters. The second-order valence-corrected chi connectivity index (χ2v) is 7.41. The Hall–Kier alpha value is -2.47. The smallest absolute Gasteiger partial charge is 0.316 e. The molecular formula is C20H23NO4S. The van der Waals surface area contributed by atoms with Gasteiger partial charge in [0, 0.05) is 10.9 Å². The number of carbonyl (C=O) groups is 2. The number of nitrogens with one attached hydrogen (secondary N) is 1. The average Bonchev–Trinajstić information content (AvgIpc) is 2.62. The van der Waals surface area contributed by atoms with E-state index in [1.807, 2.05) is 31.2 Å². The SMILES string of the molecule is COc1cccc(CC(C)NC(=O)c2ccccc2SC(C)C(=O)O)c1. The minimum absolute atomic E-state index is 0.0791. The second kappa shape index (κ2) is 9.29. The van der Waals surface area contributed by atoms with Gasteiger partial charge < -0.3 is 15.2 Å². The molecule has 2 aromatic carbocycles. The van der Waals surface area contributed by atoms with Gasteiger partial charge in [0.2, 0.25) is 0 Å². The van der Waals surface area contributed by atoms with Gasteiger partial charge in [0.15, 0.2) is 0 Å². The molecule has 0 bridgehead atoms. The summed E-state index contributed by atoms with van der Waals surface area (Å²) in [5, 5.41) is 11.5. The molecule has 0 heterocycles. The Morgan fingerprint density at radius 1 is 1.15 bits per heavy atom. The highest BCUT2D eigenvalue weighted by Crippen LogP contribution is 2.27. The van der Waals surface area contributed by atoms with Crippen LogP contribution in [0.5, 0.6) is 5.75 Å². The Labute approximate surface area is 157 Å². The number of carboxylic acids is 1. The quantitative estimate of drug-likeness (QED) is 0.691. The van der Waals surface area contributed by atoms with Gasteiger partial charge in [-0.2, -0.15) is 0 Å². The first-order valence-corrected chi connectivity index (χ1v) is 9.21. The van der Waals surface area contributed by atoms with Gasteiger partial charge in [-0.15, -0.1) is 11.8 Å². The second-order valence-electron chi connectivity index (χ2n) is 6.02. The third-order valence-electron chi connectivity index (χ3n) is 3.84. The number of hydrogen-bond donors (Lipinski definition) is 2. The van der Waals surface area contributed by atoms with E-state index < -0.39 is 11.2 Å². The summed E-state index contributed by atoms with van der Waals surface area (Å²) in [6.07, 6.45) is 0.670. The van der Waals surface area contributed by atoms with Crippen LogP contribution in [0, 0.1) is 0 Å². The van der Waals surface area contributed by atoms with Crippen molar-refractivity contribution in [3.05, 3.63) is 59.7 Å². The van der Waals surface area contributed by atoms with Gasteiger partial charge in [0.1, 0.15) is 11.0 Å². The maximum absolute atomic E-state index is 12.6. The molecule has 138 valence electrons. The zero-order valence-electron chi connectivity index (χ0n) is 15.1. The summed E-state index contributed by atoms with van der Waals surface area (Å²) in [5.41, 5.74) is 1.56. The van der Waals surface area contributed by atoms with Crippen molar-refractivity contribution >= 4 is 23.6 Å². The van der Waals surface area contributed by atoms with Crippen molar-refractivity contribution in [2.45, 2.75) is 36.5 Å². The zero-order valence-corrected chi connectivity index (χ0v) is 15.9. The van der Waals surface area contributed by atoms with Crippen LogP contribution in [0.3, 0.4) is 0 Å². The minimum atomic E-state index is -0.906. The zero-order chi connectivity index (χ0) is 19.1. The van der Waals surface area contributed by atoms with Crippen LogP contribution in [0.15, 0.2) is 53.4 Å². The van der Waals surface area contributed by atoms with Crippen molar-refractivity contribution in [1.29, 1.82) is 0 Å². The molecule has 0 saturated carbocycles. The molecule has 0 spiro atoms. The highest BCUT2D eigenvalue weighted by molar-refractivity contribution is 8.00. The van der Waals surface area contributed by atoms with Crippen molar-refractivity contribution in [3.63, 3.8) is 0 Å². The Kier molecular flexibility index (Phi) is 7.09. The van der Waals surface area contributed by atoms with Crippen LogP contribution in [0.1, 0.15) is 29.8 Å². The fourth-order valence-corrected chi connectivity index (χ4v) is 3.43. The molecule has 0 aromatic heterocycles. The molecule has 26 heavy (non-hydrogen) atoms. The standard InChI is InChI=1S/C20H23NO4S/c1-13(11-15-7-6-8-16(12-15)25-3)21-19(22)17-9-4-5-10-18(17)26-14(2)20(23)24/h4-10,12-14H,11H2,1-3H3,(H,21,22)(H,23,24). The molecule has 0 aliphatic carbocycles. The lowest BCUT2D eigenvalue weighted by molar-refractivity contribution is -0.136. The molecule has 2 N–H and O–H groups in total. The number of ether oxygens (including phenoxy) is 1. The molecule has 0 aliphatic rings. The largest absolute Gasteiger partial charge is 0.497 e. The number of thioether (sulfide) groups is 1. The number of hydrogen-bond acceptors (Lipinski definition) is 4. The molecule has 0 radical (unpaired) electrons. The predicted molar refractivity (Wildman–Crippen MR) is 103 cm³/mol. The van der Waals surface area contributed by atoms with Gasteiger partial charge in [0.05, 0.1) is 12.7 Å². The van der Waals surface area contributed by atoms with E-state index in [0.29, 0.717) is 16.9 Å².